The first-order valence-electron chi connectivity index (χ1n) is 8.99. The molecule has 8 nitrogen and oxygen atoms in total. The second-order valence-electron chi connectivity index (χ2n) is 6.96. The van der Waals surface area contributed by atoms with Crippen LogP contribution in [-0.2, 0) is 10.0 Å². The lowest BCUT2D eigenvalue weighted by Crippen LogP contribution is -2.27. The Morgan fingerprint density at radius 3 is 2.29 bits per heavy atom. The van der Waals surface area contributed by atoms with Gasteiger partial charge in [0, 0.05) is 5.25 Å². The van der Waals surface area contributed by atoms with E-state index in [9.17, 15) is 13.5 Å². The zero-order valence-electron chi connectivity index (χ0n) is 16.5. The van der Waals surface area contributed by atoms with Crippen molar-refractivity contribution in [3.05, 3.63) is 35.9 Å². The van der Waals surface area contributed by atoms with Crippen LogP contribution in [0.2, 0.25) is 0 Å². The summed E-state index contributed by atoms with van der Waals surface area (Å²) in [7, 11) is -3.53. The summed E-state index contributed by atoms with van der Waals surface area (Å²) < 4.78 is 25.5. The van der Waals surface area contributed by atoms with Gasteiger partial charge in [-0.1, -0.05) is 55.9 Å². The first kappa shape index (κ1) is 22.4. The van der Waals surface area contributed by atoms with E-state index in [1.807, 2.05) is 37.3 Å². The Labute approximate surface area is 170 Å². The summed E-state index contributed by atoms with van der Waals surface area (Å²) in [5, 5.41) is 13.1. The number of nitrogens with zero attached hydrogens (tertiary/aromatic N) is 3. The fourth-order valence-corrected chi connectivity index (χ4v) is 3.88. The molecule has 0 aliphatic rings. The molecule has 0 aliphatic carbocycles. The van der Waals surface area contributed by atoms with Crippen molar-refractivity contribution in [2.24, 2.45) is 5.92 Å². The Kier molecular flexibility index (Phi) is 8.02. The normalized spacial score (nSPS) is 13.9. The Bertz CT molecular complexity index is 863. The van der Waals surface area contributed by atoms with Gasteiger partial charge in [0.2, 0.25) is 21.9 Å². The zero-order chi connectivity index (χ0) is 20.7. The molecule has 0 radical (unpaired) electrons. The average molecular weight is 426 g/mol. The number of aromatic nitrogens is 3. The molecule has 2 atom stereocenters. The third kappa shape index (κ3) is 7.61. The topological polar surface area (TPSA) is 117 Å². The first-order chi connectivity index (χ1) is 13.2. The predicted molar refractivity (Wildman–Crippen MR) is 113 cm³/mol. The van der Waals surface area contributed by atoms with E-state index < -0.39 is 10.0 Å². The molecule has 0 saturated heterocycles. The van der Waals surface area contributed by atoms with Crippen LogP contribution in [0.4, 0.5) is 11.9 Å². The Morgan fingerprint density at radius 1 is 1.07 bits per heavy atom. The monoisotopic (exact) mass is 425 g/mol. The fourth-order valence-electron chi connectivity index (χ4n) is 2.57. The molecule has 2 aromatic rings. The second kappa shape index (κ2) is 10.0. The minimum Gasteiger partial charge on any atom is -0.394 e. The van der Waals surface area contributed by atoms with E-state index in [0.717, 1.165) is 18.2 Å². The van der Waals surface area contributed by atoms with E-state index in [0.29, 0.717) is 11.1 Å². The first-order valence-corrected chi connectivity index (χ1v) is 11.8. The molecule has 0 unspecified atom stereocenters. The lowest BCUT2D eigenvalue weighted by molar-refractivity contribution is 0.259. The lowest BCUT2D eigenvalue weighted by Gasteiger charge is -2.19. The van der Waals surface area contributed by atoms with Gasteiger partial charge in [0.15, 0.2) is 5.16 Å². The molecule has 0 spiro atoms. The number of rotatable bonds is 10. The quantitative estimate of drug-likeness (QED) is 0.498. The summed E-state index contributed by atoms with van der Waals surface area (Å²) in [5.41, 5.74) is 1.10. The van der Waals surface area contributed by atoms with Gasteiger partial charge in [0.05, 0.1) is 18.9 Å². The van der Waals surface area contributed by atoms with Gasteiger partial charge in [-0.25, -0.2) is 8.42 Å². The number of nitrogens with one attached hydrogen (secondary N) is 2. The van der Waals surface area contributed by atoms with Gasteiger partial charge in [0.25, 0.3) is 0 Å². The number of sulfonamides is 1. The maximum absolute atomic E-state index is 11.6. The number of benzene rings is 1. The van der Waals surface area contributed by atoms with Gasteiger partial charge in [-0.05, 0) is 24.8 Å². The number of thioether (sulfide) groups is 1. The van der Waals surface area contributed by atoms with Crippen molar-refractivity contribution < 1.29 is 13.5 Å². The highest BCUT2D eigenvalue weighted by atomic mass is 32.2. The van der Waals surface area contributed by atoms with Crippen LogP contribution in [0.15, 0.2) is 35.5 Å². The van der Waals surface area contributed by atoms with Gasteiger partial charge in [0.1, 0.15) is 0 Å². The summed E-state index contributed by atoms with van der Waals surface area (Å²) in [6.07, 6.45) is 1.76. The fraction of sp³-hybridized carbons (Fsp3) is 0.500. The largest absolute Gasteiger partial charge is 0.394 e. The Balaban J connectivity index is 2.28. The van der Waals surface area contributed by atoms with E-state index in [1.165, 1.54) is 11.8 Å². The molecular weight excluding hydrogens is 398 g/mol. The molecule has 2 rings (SSSR count). The minimum absolute atomic E-state index is 0.0519. The van der Waals surface area contributed by atoms with Crippen LogP contribution >= 0.6 is 11.8 Å². The van der Waals surface area contributed by atoms with E-state index >= 15 is 0 Å². The molecule has 1 aromatic heterocycles. The number of hydrogen-bond donors (Lipinski definition) is 3. The molecule has 0 saturated carbocycles. The Hall–Kier alpha value is -1.91. The zero-order valence-corrected chi connectivity index (χ0v) is 18.1. The predicted octanol–water partition coefficient (Wildman–Crippen LogP) is 2.92. The van der Waals surface area contributed by atoms with Crippen molar-refractivity contribution in [3.8, 4) is 0 Å². The summed E-state index contributed by atoms with van der Waals surface area (Å²) in [4.78, 5) is 12.8. The molecule has 0 aliphatic heterocycles. The summed E-state index contributed by atoms with van der Waals surface area (Å²) >= 11 is 1.40. The van der Waals surface area contributed by atoms with Crippen molar-refractivity contribution >= 4 is 33.7 Å². The van der Waals surface area contributed by atoms with Crippen LogP contribution in [0.25, 0.3) is 0 Å². The van der Waals surface area contributed by atoms with Gasteiger partial charge < -0.3 is 10.4 Å². The highest BCUT2D eigenvalue weighted by Crippen LogP contribution is 2.33. The number of aliphatic hydroxyl groups is 1. The smallest absolute Gasteiger partial charge is 0.242 e. The molecule has 0 fully saturated rings. The molecule has 10 heteroatoms. The third-order valence-corrected chi connectivity index (χ3v) is 5.32. The molecule has 3 N–H and O–H groups in total. The third-order valence-electron chi connectivity index (χ3n) is 3.75. The molecule has 0 amide bonds. The SMILES string of the molecule is CC(C)C[C@H](CO)Nc1nc(NS(C)(=O)=O)nc(S[C@@H](C)c2ccccc2)n1. The maximum atomic E-state index is 11.6. The van der Waals surface area contributed by atoms with Crippen LogP contribution in [0.3, 0.4) is 0 Å². The van der Waals surface area contributed by atoms with Crippen LogP contribution in [-0.4, -0.2) is 47.4 Å². The molecular formula is C18H27N5O3S2. The molecule has 0 bridgehead atoms. The summed E-state index contributed by atoms with van der Waals surface area (Å²) in [5.74, 6) is 0.541. The number of anilines is 2. The highest BCUT2D eigenvalue weighted by molar-refractivity contribution is 7.99. The van der Waals surface area contributed by atoms with Crippen LogP contribution < -0.4 is 10.0 Å². The number of aliphatic hydroxyl groups excluding tert-OH is 1. The lowest BCUT2D eigenvalue weighted by atomic mass is 10.0. The van der Waals surface area contributed by atoms with Crippen molar-refractivity contribution in [1.82, 2.24) is 15.0 Å². The van der Waals surface area contributed by atoms with Crippen molar-refractivity contribution in [2.75, 3.05) is 22.9 Å². The van der Waals surface area contributed by atoms with Crippen molar-refractivity contribution in [1.29, 1.82) is 0 Å². The Morgan fingerprint density at radius 2 is 1.71 bits per heavy atom. The van der Waals surface area contributed by atoms with E-state index in [2.05, 4.69) is 38.8 Å². The van der Waals surface area contributed by atoms with Crippen LogP contribution in [0.1, 0.15) is 38.0 Å². The maximum Gasteiger partial charge on any atom is 0.242 e. The standard InChI is InChI=1S/C18H27N5O3S2/c1-12(2)10-15(11-24)19-16-20-17(23-28(4,25)26)22-18(21-16)27-13(3)14-8-6-5-7-9-14/h5-9,12-13,15,24H,10-11H2,1-4H3,(H2,19,20,21,22,23)/t13-,15+/m0/s1. The van der Waals surface area contributed by atoms with Gasteiger partial charge >= 0.3 is 0 Å². The van der Waals surface area contributed by atoms with E-state index in [4.69, 9.17) is 0 Å². The summed E-state index contributed by atoms with van der Waals surface area (Å²) in [6.45, 7) is 6.05. The average Bonchev–Trinajstić information content (AvgIpc) is 2.59. The molecule has 1 heterocycles. The van der Waals surface area contributed by atoms with Gasteiger partial charge in [-0.3, -0.25) is 4.72 Å². The van der Waals surface area contributed by atoms with Gasteiger partial charge in [-0.2, -0.15) is 15.0 Å². The second-order valence-corrected chi connectivity index (χ2v) is 10.0. The highest BCUT2D eigenvalue weighted by Gasteiger charge is 2.17. The summed E-state index contributed by atoms with van der Waals surface area (Å²) in [6, 6.07) is 9.65. The molecule has 28 heavy (non-hydrogen) atoms. The van der Waals surface area contributed by atoms with E-state index in [-0.39, 0.29) is 29.8 Å². The van der Waals surface area contributed by atoms with Crippen LogP contribution in [0, 0.1) is 5.92 Å². The van der Waals surface area contributed by atoms with Crippen LogP contribution in [0.5, 0.6) is 0 Å². The molecule has 154 valence electrons. The van der Waals surface area contributed by atoms with Crippen molar-refractivity contribution in [2.45, 2.75) is 43.6 Å². The van der Waals surface area contributed by atoms with Crippen molar-refractivity contribution in [3.63, 3.8) is 0 Å². The number of hydrogen-bond acceptors (Lipinski definition) is 8. The molecule has 1 aromatic carbocycles. The van der Waals surface area contributed by atoms with Gasteiger partial charge in [-0.15, -0.1) is 0 Å². The van der Waals surface area contributed by atoms with E-state index in [1.54, 1.807) is 0 Å². The minimum atomic E-state index is -3.53.